The molecule has 0 radical (unpaired) electrons. The predicted molar refractivity (Wildman–Crippen MR) is 110 cm³/mol. The minimum absolute atomic E-state index is 0.00128. The van der Waals surface area contributed by atoms with Gasteiger partial charge in [0.05, 0.1) is 19.8 Å². The molecule has 27 heavy (non-hydrogen) atoms. The first-order valence-electron chi connectivity index (χ1n) is 9.48. The maximum atomic E-state index is 12.4. The van der Waals surface area contributed by atoms with Crippen molar-refractivity contribution in [3.05, 3.63) is 59.2 Å². The Morgan fingerprint density at radius 3 is 2.48 bits per heavy atom. The van der Waals surface area contributed by atoms with Crippen LogP contribution in [0.5, 0.6) is 0 Å². The van der Waals surface area contributed by atoms with Crippen LogP contribution in [0.25, 0.3) is 0 Å². The number of hydrogen-bond acceptors (Lipinski definition) is 4. The smallest absolute Gasteiger partial charge is 0.238 e. The Bertz CT molecular complexity index is 768. The van der Waals surface area contributed by atoms with Crippen LogP contribution in [0.1, 0.15) is 16.7 Å². The van der Waals surface area contributed by atoms with Crippen LogP contribution in [0.2, 0.25) is 0 Å². The SMILES string of the molecule is Cc1ccc(CN(C)CC(=O)Nc2ccc(N3CCOCC3)cc2)c(C)c1. The zero-order valence-electron chi connectivity index (χ0n) is 16.5. The van der Waals surface area contributed by atoms with Gasteiger partial charge in [-0.1, -0.05) is 23.8 Å². The molecule has 1 fully saturated rings. The highest BCUT2D eigenvalue weighted by Crippen LogP contribution is 2.19. The van der Waals surface area contributed by atoms with Crippen molar-refractivity contribution in [2.45, 2.75) is 20.4 Å². The average Bonchev–Trinajstić information content (AvgIpc) is 2.65. The Balaban J connectivity index is 1.50. The highest BCUT2D eigenvalue weighted by atomic mass is 16.5. The standard InChI is InChI=1S/C22H29N3O2/c1-17-4-5-19(18(2)14-17)15-24(3)16-22(26)23-20-6-8-21(9-7-20)25-10-12-27-13-11-25/h4-9,14H,10-13,15-16H2,1-3H3,(H,23,26). The van der Waals surface area contributed by atoms with Gasteiger partial charge in [-0.3, -0.25) is 9.69 Å². The van der Waals surface area contributed by atoms with Crippen molar-refractivity contribution in [2.24, 2.45) is 0 Å². The maximum Gasteiger partial charge on any atom is 0.238 e. The van der Waals surface area contributed by atoms with Crippen molar-refractivity contribution < 1.29 is 9.53 Å². The summed E-state index contributed by atoms with van der Waals surface area (Å²) in [5, 5.41) is 2.99. The number of nitrogens with zero attached hydrogens (tertiary/aromatic N) is 2. The number of carbonyl (C=O) groups excluding carboxylic acids is 1. The summed E-state index contributed by atoms with van der Waals surface area (Å²) >= 11 is 0. The summed E-state index contributed by atoms with van der Waals surface area (Å²) in [6.45, 7) is 8.69. The lowest BCUT2D eigenvalue weighted by Crippen LogP contribution is -2.36. The number of benzene rings is 2. The van der Waals surface area contributed by atoms with E-state index in [4.69, 9.17) is 4.74 Å². The molecule has 1 aliphatic rings. The van der Waals surface area contributed by atoms with Crippen LogP contribution >= 0.6 is 0 Å². The lowest BCUT2D eigenvalue weighted by atomic mass is 10.1. The number of morpholine rings is 1. The Kier molecular flexibility index (Phi) is 6.48. The molecule has 5 nitrogen and oxygen atoms in total. The van der Waals surface area contributed by atoms with Crippen molar-refractivity contribution in [1.29, 1.82) is 0 Å². The molecule has 1 heterocycles. The molecule has 1 saturated heterocycles. The molecule has 0 atom stereocenters. The van der Waals surface area contributed by atoms with Crippen molar-refractivity contribution in [1.82, 2.24) is 4.90 Å². The van der Waals surface area contributed by atoms with Crippen LogP contribution in [0, 0.1) is 13.8 Å². The van der Waals surface area contributed by atoms with Gasteiger partial charge in [-0.2, -0.15) is 0 Å². The van der Waals surface area contributed by atoms with E-state index in [9.17, 15) is 4.79 Å². The minimum atomic E-state index is 0.00128. The molecule has 0 aliphatic carbocycles. The van der Waals surface area contributed by atoms with Gasteiger partial charge in [0, 0.05) is 31.0 Å². The Morgan fingerprint density at radius 1 is 1.11 bits per heavy atom. The van der Waals surface area contributed by atoms with Crippen LogP contribution in [0.15, 0.2) is 42.5 Å². The zero-order valence-corrected chi connectivity index (χ0v) is 16.5. The lowest BCUT2D eigenvalue weighted by molar-refractivity contribution is -0.117. The van der Waals surface area contributed by atoms with Gasteiger partial charge in [0.25, 0.3) is 0 Å². The number of aryl methyl sites for hydroxylation is 2. The summed E-state index contributed by atoms with van der Waals surface area (Å²) in [5.41, 5.74) is 5.78. The summed E-state index contributed by atoms with van der Waals surface area (Å²) in [7, 11) is 1.97. The van der Waals surface area contributed by atoms with Gasteiger partial charge in [0.1, 0.15) is 0 Å². The third kappa shape index (κ3) is 5.55. The van der Waals surface area contributed by atoms with Gasteiger partial charge in [-0.15, -0.1) is 0 Å². The number of likely N-dealkylation sites (N-methyl/N-ethyl adjacent to an activating group) is 1. The van der Waals surface area contributed by atoms with Gasteiger partial charge in [-0.05, 0) is 56.3 Å². The van der Waals surface area contributed by atoms with Crippen LogP contribution in [0.3, 0.4) is 0 Å². The number of hydrogen-bond donors (Lipinski definition) is 1. The number of amides is 1. The first-order valence-corrected chi connectivity index (χ1v) is 9.48. The molecule has 1 amide bonds. The fourth-order valence-corrected chi connectivity index (χ4v) is 3.39. The summed E-state index contributed by atoms with van der Waals surface area (Å²) in [6.07, 6.45) is 0. The zero-order chi connectivity index (χ0) is 19.2. The van der Waals surface area contributed by atoms with E-state index in [1.54, 1.807) is 0 Å². The normalized spacial score (nSPS) is 14.4. The topological polar surface area (TPSA) is 44.8 Å². The van der Waals surface area contributed by atoms with E-state index < -0.39 is 0 Å². The largest absolute Gasteiger partial charge is 0.378 e. The number of rotatable bonds is 6. The molecular weight excluding hydrogens is 338 g/mol. The molecule has 1 aliphatic heterocycles. The molecule has 0 spiro atoms. The van der Waals surface area contributed by atoms with Crippen molar-refractivity contribution in [3.8, 4) is 0 Å². The van der Waals surface area contributed by atoms with E-state index in [0.717, 1.165) is 38.5 Å². The minimum Gasteiger partial charge on any atom is -0.378 e. The van der Waals surface area contributed by atoms with Gasteiger partial charge in [-0.25, -0.2) is 0 Å². The summed E-state index contributed by atoms with van der Waals surface area (Å²) in [4.78, 5) is 16.7. The highest BCUT2D eigenvalue weighted by molar-refractivity contribution is 5.92. The van der Waals surface area contributed by atoms with E-state index in [0.29, 0.717) is 6.54 Å². The molecule has 0 aromatic heterocycles. The molecule has 0 saturated carbocycles. The average molecular weight is 367 g/mol. The highest BCUT2D eigenvalue weighted by Gasteiger charge is 2.12. The second kappa shape index (κ2) is 9.02. The molecule has 5 heteroatoms. The molecule has 0 bridgehead atoms. The molecule has 0 unspecified atom stereocenters. The summed E-state index contributed by atoms with van der Waals surface area (Å²) in [6, 6.07) is 14.5. The van der Waals surface area contributed by atoms with Crippen molar-refractivity contribution in [3.63, 3.8) is 0 Å². The molecule has 3 rings (SSSR count). The second-order valence-corrected chi connectivity index (χ2v) is 7.30. The molecular formula is C22H29N3O2. The van der Waals surface area contributed by atoms with E-state index in [1.807, 2.05) is 24.1 Å². The van der Waals surface area contributed by atoms with Crippen LogP contribution in [0.4, 0.5) is 11.4 Å². The van der Waals surface area contributed by atoms with Gasteiger partial charge < -0.3 is 15.0 Å². The van der Waals surface area contributed by atoms with Crippen molar-refractivity contribution in [2.75, 3.05) is 50.1 Å². The number of anilines is 2. The van der Waals surface area contributed by atoms with Crippen molar-refractivity contribution >= 4 is 17.3 Å². The third-order valence-electron chi connectivity index (χ3n) is 4.88. The van der Waals surface area contributed by atoms with E-state index in [-0.39, 0.29) is 5.91 Å². The Morgan fingerprint density at radius 2 is 1.81 bits per heavy atom. The molecule has 2 aromatic carbocycles. The van der Waals surface area contributed by atoms with Crippen LogP contribution in [-0.4, -0.2) is 50.7 Å². The quantitative estimate of drug-likeness (QED) is 0.852. The number of carbonyl (C=O) groups is 1. The summed E-state index contributed by atoms with van der Waals surface area (Å²) in [5.74, 6) is 0.00128. The predicted octanol–water partition coefficient (Wildman–Crippen LogP) is 3.21. The first kappa shape index (κ1) is 19.4. The van der Waals surface area contributed by atoms with Gasteiger partial charge in [0.15, 0.2) is 0 Å². The monoisotopic (exact) mass is 367 g/mol. The van der Waals surface area contributed by atoms with Crippen LogP contribution < -0.4 is 10.2 Å². The molecule has 1 N–H and O–H groups in total. The van der Waals surface area contributed by atoms with Gasteiger partial charge >= 0.3 is 0 Å². The first-order chi connectivity index (χ1) is 13.0. The fraction of sp³-hybridized carbons (Fsp3) is 0.409. The Labute approximate surface area is 161 Å². The van der Waals surface area contributed by atoms with E-state index >= 15 is 0 Å². The second-order valence-electron chi connectivity index (χ2n) is 7.30. The van der Waals surface area contributed by atoms with Gasteiger partial charge in [0.2, 0.25) is 5.91 Å². The fourth-order valence-electron chi connectivity index (χ4n) is 3.39. The van der Waals surface area contributed by atoms with E-state index in [1.165, 1.54) is 22.4 Å². The summed E-state index contributed by atoms with van der Waals surface area (Å²) < 4.78 is 5.39. The Hall–Kier alpha value is -2.37. The van der Waals surface area contributed by atoms with Crippen LogP contribution in [-0.2, 0) is 16.1 Å². The maximum absolute atomic E-state index is 12.4. The lowest BCUT2D eigenvalue weighted by Gasteiger charge is -2.28. The number of ether oxygens (including phenoxy) is 1. The third-order valence-corrected chi connectivity index (χ3v) is 4.88. The molecule has 144 valence electrons. The molecule has 2 aromatic rings. The number of nitrogens with one attached hydrogen (secondary N) is 1. The van der Waals surface area contributed by atoms with E-state index in [2.05, 4.69) is 54.4 Å².